The first-order chi connectivity index (χ1) is 10.8. The number of thiazole rings is 1. The van der Waals surface area contributed by atoms with E-state index >= 15 is 0 Å². The average molecular weight is 336 g/mol. The molecule has 0 saturated heterocycles. The minimum Gasteiger partial charge on any atom is -0.347 e. The standard InChI is InChI=1S/C15H20N4O3S/c1-5-11(13-17-8(2)9(3)23-13)18-12(20)6-10-7-16-15(22)19(4)14(10)21/h7,11H,5-6H2,1-4H3,(H,16,22)(H,18,20)/t11-/m0/s1. The zero-order valence-electron chi connectivity index (χ0n) is 13.6. The number of hydrogen-bond donors (Lipinski definition) is 2. The van der Waals surface area contributed by atoms with E-state index in [1.54, 1.807) is 11.3 Å². The number of carbonyl (C=O) groups is 1. The molecule has 2 aromatic rings. The zero-order valence-corrected chi connectivity index (χ0v) is 14.4. The Hall–Kier alpha value is -2.22. The molecule has 0 aliphatic heterocycles. The molecular formula is C15H20N4O3S. The number of carbonyl (C=O) groups excluding carboxylic acids is 1. The fourth-order valence-corrected chi connectivity index (χ4v) is 3.20. The summed E-state index contributed by atoms with van der Waals surface area (Å²) in [6.07, 6.45) is 1.92. The zero-order chi connectivity index (χ0) is 17.1. The number of nitrogens with zero attached hydrogens (tertiary/aromatic N) is 2. The highest BCUT2D eigenvalue weighted by molar-refractivity contribution is 7.11. The van der Waals surface area contributed by atoms with Gasteiger partial charge in [0.2, 0.25) is 5.91 Å². The Kier molecular flexibility index (Phi) is 5.15. The molecule has 0 aliphatic rings. The summed E-state index contributed by atoms with van der Waals surface area (Å²) in [5, 5.41) is 3.77. The van der Waals surface area contributed by atoms with Crippen molar-refractivity contribution in [2.45, 2.75) is 39.7 Å². The molecule has 2 N–H and O–H groups in total. The van der Waals surface area contributed by atoms with Crippen molar-refractivity contribution in [3.8, 4) is 0 Å². The van der Waals surface area contributed by atoms with Crippen LogP contribution in [0.15, 0.2) is 15.8 Å². The van der Waals surface area contributed by atoms with Crippen LogP contribution in [0, 0.1) is 13.8 Å². The molecule has 0 aliphatic carbocycles. The van der Waals surface area contributed by atoms with Gasteiger partial charge in [-0.3, -0.25) is 14.2 Å². The van der Waals surface area contributed by atoms with E-state index in [4.69, 9.17) is 0 Å². The number of amides is 1. The monoisotopic (exact) mass is 336 g/mol. The van der Waals surface area contributed by atoms with Gasteiger partial charge < -0.3 is 10.3 Å². The molecule has 1 atom stereocenters. The summed E-state index contributed by atoms with van der Waals surface area (Å²) in [5.41, 5.74) is 0.260. The SMILES string of the molecule is CC[C@H](NC(=O)Cc1c[nH]c(=O)n(C)c1=O)c1nc(C)c(C)s1. The summed E-state index contributed by atoms with van der Waals surface area (Å²) in [4.78, 5) is 43.5. The van der Waals surface area contributed by atoms with Crippen molar-refractivity contribution in [2.75, 3.05) is 0 Å². The minimum atomic E-state index is -0.501. The van der Waals surface area contributed by atoms with Crippen LogP contribution in [0.25, 0.3) is 0 Å². The fourth-order valence-electron chi connectivity index (χ4n) is 2.15. The van der Waals surface area contributed by atoms with Crippen LogP contribution in [0.2, 0.25) is 0 Å². The van der Waals surface area contributed by atoms with Gasteiger partial charge in [-0.25, -0.2) is 9.78 Å². The summed E-state index contributed by atoms with van der Waals surface area (Å²) < 4.78 is 0.952. The third kappa shape index (κ3) is 3.76. The summed E-state index contributed by atoms with van der Waals surface area (Å²) in [7, 11) is 1.37. The van der Waals surface area contributed by atoms with Crippen LogP contribution in [0.4, 0.5) is 0 Å². The largest absolute Gasteiger partial charge is 0.347 e. The molecule has 0 fully saturated rings. The molecular weight excluding hydrogens is 316 g/mol. The number of H-pyrrole nitrogens is 1. The van der Waals surface area contributed by atoms with Crippen molar-refractivity contribution in [1.29, 1.82) is 0 Å². The molecule has 0 saturated carbocycles. The van der Waals surface area contributed by atoms with Crippen molar-refractivity contribution in [2.24, 2.45) is 7.05 Å². The normalized spacial score (nSPS) is 12.2. The van der Waals surface area contributed by atoms with Gasteiger partial charge in [-0.1, -0.05) is 6.92 Å². The van der Waals surface area contributed by atoms with E-state index in [9.17, 15) is 14.4 Å². The smallest absolute Gasteiger partial charge is 0.328 e. The highest BCUT2D eigenvalue weighted by Crippen LogP contribution is 2.24. The summed E-state index contributed by atoms with van der Waals surface area (Å²) in [6.45, 7) is 5.90. The van der Waals surface area contributed by atoms with Gasteiger partial charge in [-0.15, -0.1) is 11.3 Å². The van der Waals surface area contributed by atoms with Crippen LogP contribution < -0.4 is 16.6 Å². The van der Waals surface area contributed by atoms with Crippen LogP contribution in [-0.4, -0.2) is 20.4 Å². The van der Waals surface area contributed by atoms with Crippen LogP contribution in [0.3, 0.4) is 0 Å². The van der Waals surface area contributed by atoms with E-state index in [0.29, 0.717) is 6.42 Å². The maximum absolute atomic E-state index is 12.2. The summed E-state index contributed by atoms with van der Waals surface area (Å²) in [6, 6.07) is -0.175. The first-order valence-corrected chi connectivity index (χ1v) is 8.16. The van der Waals surface area contributed by atoms with Crippen LogP contribution in [-0.2, 0) is 18.3 Å². The van der Waals surface area contributed by atoms with Gasteiger partial charge >= 0.3 is 5.69 Å². The second kappa shape index (κ2) is 6.91. The van der Waals surface area contributed by atoms with Gasteiger partial charge in [0.25, 0.3) is 5.56 Å². The second-order valence-corrected chi connectivity index (χ2v) is 6.62. The first-order valence-electron chi connectivity index (χ1n) is 7.34. The Morgan fingerprint density at radius 1 is 1.43 bits per heavy atom. The van der Waals surface area contributed by atoms with Crippen molar-refractivity contribution in [3.05, 3.63) is 48.2 Å². The van der Waals surface area contributed by atoms with Crippen molar-refractivity contribution >= 4 is 17.2 Å². The van der Waals surface area contributed by atoms with Gasteiger partial charge in [0.05, 0.1) is 18.2 Å². The number of rotatable bonds is 5. The lowest BCUT2D eigenvalue weighted by molar-refractivity contribution is -0.121. The second-order valence-electron chi connectivity index (χ2n) is 5.38. The lowest BCUT2D eigenvalue weighted by Crippen LogP contribution is -2.37. The molecule has 0 bridgehead atoms. The average Bonchev–Trinajstić information content (AvgIpc) is 2.85. The number of aromatic nitrogens is 3. The lowest BCUT2D eigenvalue weighted by atomic mass is 10.2. The molecule has 0 unspecified atom stereocenters. The Bertz CT molecular complexity index is 814. The summed E-state index contributed by atoms with van der Waals surface area (Å²) in [5.74, 6) is -0.272. The molecule has 0 spiro atoms. The predicted octanol–water partition coefficient (Wildman–Crippen LogP) is 0.957. The molecule has 8 heteroatoms. The third-order valence-electron chi connectivity index (χ3n) is 3.69. The van der Waals surface area contributed by atoms with Crippen LogP contribution >= 0.6 is 11.3 Å². The van der Waals surface area contributed by atoms with Gasteiger partial charge in [-0.2, -0.15) is 0 Å². The Labute approximate surface area is 137 Å². The maximum atomic E-state index is 12.2. The first kappa shape index (κ1) is 17.1. The van der Waals surface area contributed by atoms with Crippen molar-refractivity contribution in [3.63, 3.8) is 0 Å². The lowest BCUT2D eigenvalue weighted by Gasteiger charge is -2.14. The van der Waals surface area contributed by atoms with Crippen molar-refractivity contribution in [1.82, 2.24) is 19.9 Å². The predicted molar refractivity (Wildman–Crippen MR) is 88.8 cm³/mol. The van der Waals surface area contributed by atoms with E-state index < -0.39 is 11.2 Å². The van der Waals surface area contributed by atoms with Gasteiger partial charge in [-0.05, 0) is 20.3 Å². The Balaban J connectivity index is 2.13. The third-order valence-corrected chi connectivity index (χ3v) is 4.88. The number of aryl methyl sites for hydroxylation is 2. The maximum Gasteiger partial charge on any atom is 0.328 e. The molecule has 124 valence electrons. The number of aromatic amines is 1. The molecule has 0 radical (unpaired) electrons. The molecule has 23 heavy (non-hydrogen) atoms. The number of nitrogens with one attached hydrogen (secondary N) is 2. The fraction of sp³-hybridized carbons (Fsp3) is 0.467. The number of hydrogen-bond acceptors (Lipinski definition) is 5. The Morgan fingerprint density at radius 2 is 2.13 bits per heavy atom. The van der Waals surface area contributed by atoms with Crippen LogP contribution in [0.5, 0.6) is 0 Å². The van der Waals surface area contributed by atoms with E-state index in [1.165, 1.54) is 13.2 Å². The summed E-state index contributed by atoms with van der Waals surface area (Å²) >= 11 is 1.56. The van der Waals surface area contributed by atoms with Crippen molar-refractivity contribution < 1.29 is 4.79 Å². The van der Waals surface area contributed by atoms with E-state index in [1.807, 2.05) is 20.8 Å². The Morgan fingerprint density at radius 3 is 2.70 bits per heavy atom. The highest BCUT2D eigenvalue weighted by atomic mass is 32.1. The quantitative estimate of drug-likeness (QED) is 0.850. The van der Waals surface area contributed by atoms with Gasteiger partial charge in [0.1, 0.15) is 5.01 Å². The molecule has 1 amide bonds. The van der Waals surface area contributed by atoms with E-state index in [-0.39, 0.29) is 23.9 Å². The van der Waals surface area contributed by atoms with E-state index in [2.05, 4.69) is 15.3 Å². The molecule has 2 aromatic heterocycles. The van der Waals surface area contributed by atoms with Gasteiger partial charge in [0, 0.05) is 23.7 Å². The van der Waals surface area contributed by atoms with Crippen LogP contribution in [0.1, 0.15) is 40.5 Å². The molecule has 0 aromatic carbocycles. The molecule has 7 nitrogen and oxygen atoms in total. The molecule has 2 rings (SSSR count). The molecule has 2 heterocycles. The van der Waals surface area contributed by atoms with E-state index in [0.717, 1.165) is 20.1 Å². The van der Waals surface area contributed by atoms with Gasteiger partial charge in [0.15, 0.2) is 0 Å². The topological polar surface area (TPSA) is 96.9 Å². The highest BCUT2D eigenvalue weighted by Gasteiger charge is 2.18. The minimum absolute atomic E-state index is 0.0801.